The molecule has 11 heavy (non-hydrogen) atoms. The Hall–Kier alpha value is -1.65. The van der Waals surface area contributed by atoms with Crippen molar-refractivity contribution in [1.82, 2.24) is 0 Å². The molecule has 0 amide bonds. The minimum Gasteiger partial charge on any atom is -0.481 e. The van der Waals surface area contributed by atoms with E-state index < -0.39 is 17.7 Å². The van der Waals surface area contributed by atoms with Gasteiger partial charge in [-0.3, -0.25) is 10.2 Å². The Morgan fingerprint density at radius 2 is 1.91 bits per heavy atom. The van der Waals surface area contributed by atoms with Gasteiger partial charge in [0.2, 0.25) is 0 Å². The van der Waals surface area contributed by atoms with Gasteiger partial charge < -0.3 is 10.2 Å². The molecular formula is C6H7NO4. The number of carbonyl (C=O) groups is 2. The van der Waals surface area contributed by atoms with E-state index in [9.17, 15) is 9.59 Å². The van der Waals surface area contributed by atoms with Gasteiger partial charge in [0, 0.05) is 0 Å². The van der Waals surface area contributed by atoms with Crippen LogP contribution in [0.4, 0.5) is 0 Å². The number of aliphatic carboxylic acids is 2. The monoisotopic (exact) mass is 157 g/mol. The van der Waals surface area contributed by atoms with Crippen molar-refractivity contribution >= 4 is 17.7 Å². The Morgan fingerprint density at radius 3 is 2.27 bits per heavy atom. The van der Waals surface area contributed by atoms with Crippen LogP contribution in [0.15, 0.2) is 12.2 Å². The Bertz CT molecular complexity index is 219. The second kappa shape index (κ2) is 4.21. The van der Waals surface area contributed by atoms with E-state index in [1.807, 2.05) is 0 Å². The van der Waals surface area contributed by atoms with Crippen molar-refractivity contribution in [1.29, 1.82) is 5.41 Å². The maximum absolute atomic E-state index is 9.95. The molecule has 0 atom stereocenters. The number of carboxylic acids is 2. The third-order valence-electron chi connectivity index (χ3n) is 0.807. The third-order valence-corrected chi connectivity index (χ3v) is 0.807. The van der Waals surface area contributed by atoms with E-state index in [0.717, 1.165) is 12.2 Å². The van der Waals surface area contributed by atoms with Crippen LogP contribution >= 0.6 is 0 Å². The second-order valence-electron chi connectivity index (χ2n) is 1.72. The minimum atomic E-state index is -1.37. The predicted molar refractivity (Wildman–Crippen MR) is 36.8 cm³/mol. The number of hydrogen-bond acceptors (Lipinski definition) is 3. The van der Waals surface area contributed by atoms with Crippen LogP contribution in [-0.2, 0) is 9.59 Å². The van der Waals surface area contributed by atoms with Crippen molar-refractivity contribution in [2.75, 3.05) is 0 Å². The molecule has 0 saturated carbocycles. The van der Waals surface area contributed by atoms with Crippen molar-refractivity contribution in [2.45, 2.75) is 6.42 Å². The van der Waals surface area contributed by atoms with Crippen molar-refractivity contribution in [3.8, 4) is 0 Å². The molecule has 0 radical (unpaired) electrons. The van der Waals surface area contributed by atoms with Crippen LogP contribution in [0.5, 0.6) is 0 Å². The van der Waals surface area contributed by atoms with Gasteiger partial charge in [-0.25, -0.2) is 4.79 Å². The molecule has 0 aromatic rings. The second-order valence-corrected chi connectivity index (χ2v) is 1.72. The number of carboxylic acid groups (broad SMARTS) is 2. The van der Waals surface area contributed by atoms with Crippen molar-refractivity contribution in [3.05, 3.63) is 12.2 Å². The zero-order valence-electron chi connectivity index (χ0n) is 5.57. The summed E-state index contributed by atoms with van der Waals surface area (Å²) in [5.41, 5.74) is -0.619. The van der Waals surface area contributed by atoms with Crippen molar-refractivity contribution in [3.63, 3.8) is 0 Å². The molecule has 5 heteroatoms. The predicted octanol–water partition coefficient (Wildman–Crippen LogP) is 0.122. The van der Waals surface area contributed by atoms with Crippen LogP contribution in [0, 0.1) is 5.41 Å². The SMILES string of the molecule is N=C(C=CCC(=O)O)C(=O)O. The topological polar surface area (TPSA) is 98.5 Å². The molecule has 0 unspecified atom stereocenters. The van der Waals surface area contributed by atoms with Gasteiger partial charge in [0.25, 0.3) is 0 Å². The van der Waals surface area contributed by atoms with Gasteiger partial charge >= 0.3 is 11.9 Å². The lowest BCUT2D eigenvalue weighted by atomic mass is 10.3. The van der Waals surface area contributed by atoms with Crippen LogP contribution < -0.4 is 0 Å². The molecule has 60 valence electrons. The first kappa shape index (κ1) is 9.35. The smallest absolute Gasteiger partial charge is 0.353 e. The summed E-state index contributed by atoms with van der Waals surface area (Å²) in [5.74, 6) is -2.42. The molecule has 0 aliphatic heterocycles. The summed E-state index contributed by atoms with van der Waals surface area (Å²) in [6, 6.07) is 0. The third kappa shape index (κ3) is 4.83. The van der Waals surface area contributed by atoms with E-state index in [0.29, 0.717) is 0 Å². The molecule has 0 fully saturated rings. The van der Waals surface area contributed by atoms with E-state index >= 15 is 0 Å². The fraction of sp³-hybridized carbons (Fsp3) is 0.167. The normalized spacial score (nSPS) is 9.82. The average Bonchev–Trinajstić information content (AvgIpc) is 1.86. The van der Waals surface area contributed by atoms with E-state index in [1.54, 1.807) is 0 Å². The molecule has 0 aliphatic carbocycles. The molecule has 5 nitrogen and oxygen atoms in total. The molecule has 3 N–H and O–H groups in total. The van der Waals surface area contributed by atoms with Gasteiger partial charge in [-0.1, -0.05) is 6.08 Å². The Kier molecular flexibility index (Phi) is 3.58. The highest BCUT2D eigenvalue weighted by atomic mass is 16.4. The van der Waals surface area contributed by atoms with Crippen LogP contribution in [0.2, 0.25) is 0 Å². The zero-order chi connectivity index (χ0) is 8.85. The van der Waals surface area contributed by atoms with Gasteiger partial charge in [0.15, 0.2) is 0 Å². The van der Waals surface area contributed by atoms with E-state index in [4.69, 9.17) is 15.6 Å². The van der Waals surface area contributed by atoms with Crippen molar-refractivity contribution < 1.29 is 19.8 Å². The first-order valence-corrected chi connectivity index (χ1v) is 2.74. The quantitative estimate of drug-likeness (QED) is 0.505. The standard InChI is InChI=1S/C6H7NO4/c7-4(6(10)11)2-1-3-5(8)9/h1-2,7H,3H2,(H,8,9)(H,10,11). The maximum atomic E-state index is 9.95. The lowest BCUT2D eigenvalue weighted by molar-refractivity contribution is -0.136. The Balaban J connectivity index is 3.84. The minimum absolute atomic E-state index is 0.268. The summed E-state index contributed by atoms with van der Waals surface area (Å²) in [4.78, 5) is 19.8. The highest BCUT2D eigenvalue weighted by Gasteiger charge is 2.00. The highest BCUT2D eigenvalue weighted by molar-refractivity contribution is 6.38. The summed E-state index contributed by atoms with van der Waals surface area (Å²) < 4.78 is 0. The molecule has 0 spiro atoms. The van der Waals surface area contributed by atoms with Gasteiger partial charge in [0.1, 0.15) is 5.71 Å². The van der Waals surface area contributed by atoms with Crippen LogP contribution in [0.3, 0.4) is 0 Å². The van der Waals surface area contributed by atoms with Crippen LogP contribution in [-0.4, -0.2) is 27.9 Å². The summed E-state index contributed by atoms with van der Waals surface area (Å²) in [5, 5.41) is 22.9. The van der Waals surface area contributed by atoms with Gasteiger partial charge in [-0.15, -0.1) is 0 Å². The first-order valence-electron chi connectivity index (χ1n) is 2.74. The zero-order valence-corrected chi connectivity index (χ0v) is 5.57. The molecule has 0 aliphatic rings. The van der Waals surface area contributed by atoms with Gasteiger partial charge in [-0.05, 0) is 6.08 Å². The highest BCUT2D eigenvalue weighted by Crippen LogP contribution is 1.84. The Morgan fingerprint density at radius 1 is 1.36 bits per heavy atom. The van der Waals surface area contributed by atoms with Crippen molar-refractivity contribution in [2.24, 2.45) is 0 Å². The van der Waals surface area contributed by atoms with E-state index in [1.165, 1.54) is 0 Å². The molecule has 0 bridgehead atoms. The fourth-order valence-electron chi connectivity index (χ4n) is 0.349. The maximum Gasteiger partial charge on any atom is 0.353 e. The molecule has 0 heterocycles. The first-order chi connectivity index (χ1) is 5.04. The van der Waals surface area contributed by atoms with Gasteiger partial charge in [-0.2, -0.15) is 0 Å². The van der Waals surface area contributed by atoms with Crippen LogP contribution in [0.1, 0.15) is 6.42 Å². The Labute approximate surface area is 62.5 Å². The summed E-state index contributed by atoms with van der Waals surface area (Å²) in [6.07, 6.45) is 1.78. The van der Waals surface area contributed by atoms with E-state index in [2.05, 4.69) is 0 Å². The molecule has 0 rings (SSSR count). The number of nitrogens with one attached hydrogen (secondary N) is 1. The van der Waals surface area contributed by atoms with E-state index in [-0.39, 0.29) is 6.42 Å². The molecule has 0 saturated heterocycles. The largest absolute Gasteiger partial charge is 0.481 e. The summed E-state index contributed by atoms with van der Waals surface area (Å²) >= 11 is 0. The lowest BCUT2D eigenvalue weighted by Gasteiger charge is -1.86. The van der Waals surface area contributed by atoms with Gasteiger partial charge in [0.05, 0.1) is 6.42 Å². The average molecular weight is 157 g/mol. The lowest BCUT2D eigenvalue weighted by Crippen LogP contribution is -2.07. The summed E-state index contributed by atoms with van der Waals surface area (Å²) in [6.45, 7) is 0. The van der Waals surface area contributed by atoms with Crippen LogP contribution in [0.25, 0.3) is 0 Å². The number of hydrogen-bond donors (Lipinski definition) is 3. The summed E-state index contributed by atoms with van der Waals surface area (Å²) in [7, 11) is 0. The fourth-order valence-corrected chi connectivity index (χ4v) is 0.349. The number of rotatable bonds is 4. The molecule has 0 aromatic heterocycles. The molecule has 0 aromatic carbocycles. The molecular weight excluding hydrogens is 150 g/mol.